The molecular formula is C54H75N17O12. The molecule has 4 atom stereocenters. The van der Waals surface area contributed by atoms with E-state index in [0.717, 1.165) is 0 Å². The normalized spacial score (nSPS) is 12.1. The molecule has 0 aromatic heterocycles. The maximum Gasteiger partial charge on any atom is 0.255 e. The third-order valence-electron chi connectivity index (χ3n) is 12.5. The number of guanidine groups is 2. The summed E-state index contributed by atoms with van der Waals surface area (Å²) in [6.45, 7) is 0.843. The molecule has 0 unspecified atom stereocenters. The third-order valence-corrected chi connectivity index (χ3v) is 12.5. The van der Waals surface area contributed by atoms with Crippen LogP contribution in [0.2, 0.25) is 0 Å². The monoisotopic (exact) mass is 1150 g/mol. The Morgan fingerprint density at radius 3 is 1.02 bits per heavy atom. The highest BCUT2D eigenvalue weighted by Gasteiger charge is 2.29. The molecule has 0 aliphatic carbocycles. The summed E-state index contributed by atoms with van der Waals surface area (Å²) in [5.74, 6) is -5.79. The van der Waals surface area contributed by atoms with Crippen LogP contribution in [-0.4, -0.2) is 138 Å². The summed E-state index contributed by atoms with van der Waals surface area (Å²) < 4.78 is 21.6. The van der Waals surface area contributed by atoms with Crippen LogP contribution in [0.5, 0.6) is 23.0 Å². The summed E-state index contributed by atoms with van der Waals surface area (Å²) in [5, 5.41) is 39.1. The van der Waals surface area contributed by atoms with Crippen LogP contribution in [-0.2, 0) is 19.2 Å². The van der Waals surface area contributed by atoms with Gasteiger partial charge in [-0.3, -0.25) is 49.2 Å². The summed E-state index contributed by atoms with van der Waals surface area (Å²) in [6, 6.07) is 12.4. The standard InChI is InChI=1S/C54H75N17O12/c1-80-41-17-13-29(25-33(41)45(58)72)66-50(77)38(10-5-21-55)69-47(74)35-28-32(16-20-43(35)82-3)68-52(79)40(12-8-24-64-54(61)62)71-48(75)36-27-31(15-19-44(36)83-4)67-51(78)39(11-6-22-56)70-46(73)34-26-30(14-18-42(34)81-2)65-49(76)37(57)9-7-23-63-53(59)60/h13-20,25-28,37-40H,5-12,21-24,55-57H2,1-4H3,(H2,58,72)(H,65,76)(H,66,77)(H,67,78)(H,68,79)(H,69,74)(H,70,73)(H,71,75)(H4,59,60,63)(H4,61,62,64)/t37-,38-,39-,40-/m1/s1. The van der Waals surface area contributed by atoms with Crippen molar-refractivity contribution in [2.45, 2.75) is 75.5 Å². The SMILES string of the molecule is COc1ccc(NC(=O)[C@@H](CCCN)NC(=O)c2cc(NC(=O)[C@@H](CCCNC(=N)N)NC(=O)c3cc(NC(=O)[C@@H](CCCN)NC(=O)c4cc(NC(=O)[C@H](N)CCCNC(=N)N)ccc4OC)ccc3OC)ccc2OC)cc1C(N)=O. The first-order chi connectivity index (χ1) is 39.7. The topological polar surface area (TPSA) is 486 Å². The molecule has 4 aromatic rings. The van der Waals surface area contributed by atoms with Crippen LogP contribution in [0.1, 0.15) is 92.8 Å². The van der Waals surface area contributed by atoms with Gasteiger partial charge in [-0.25, -0.2) is 0 Å². The van der Waals surface area contributed by atoms with Crippen LogP contribution in [0.3, 0.4) is 0 Å². The largest absolute Gasteiger partial charge is 0.496 e. The van der Waals surface area contributed by atoms with Crippen LogP contribution in [0, 0.1) is 10.8 Å². The highest BCUT2D eigenvalue weighted by molar-refractivity contribution is 6.07. The average molecular weight is 1150 g/mol. The van der Waals surface area contributed by atoms with E-state index in [2.05, 4.69) is 47.9 Å². The van der Waals surface area contributed by atoms with Gasteiger partial charge in [-0.2, -0.15) is 0 Å². The van der Waals surface area contributed by atoms with E-state index in [1.54, 1.807) is 0 Å². The summed E-state index contributed by atoms with van der Waals surface area (Å²) in [6.07, 6.45) is 1.75. The maximum atomic E-state index is 14.3. The Morgan fingerprint density at radius 1 is 0.434 bits per heavy atom. The molecule has 29 heteroatoms. The second-order valence-electron chi connectivity index (χ2n) is 18.5. The zero-order valence-corrected chi connectivity index (χ0v) is 46.6. The van der Waals surface area contributed by atoms with Crippen molar-refractivity contribution in [3.8, 4) is 23.0 Å². The van der Waals surface area contributed by atoms with E-state index in [9.17, 15) is 38.4 Å². The molecule has 0 radical (unpaired) electrons. The molecule has 0 saturated carbocycles. The molecule has 0 bridgehead atoms. The number of ether oxygens (including phenoxy) is 4. The molecule has 448 valence electrons. The van der Waals surface area contributed by atoms with Crippen molar-refractivity contribution in [3.63, 3.8) is 0 Å². The number of carbonyl (C=O) groups excluding carboxylic acids is 8. The molecule has 23 N–H and O–H groups in total. The van der Waals surface area contributed by atoms with Crippen molar-refractivity contribution in [3.05, 3.63) is 95.1 Å². The van der Waals surface area contributed by atoms with Gasteiger partial charge in [-0.05, 0) is 137 Å². The summed E-state index contributed by atoms with van der Waals surface area (Å²) in [4.78, 5) is 109. The Labute approximate surface area is 479 Å². The van der Waals surface area contributed by atoms with Crippen LogP contribution >= 0.6 is 0 Å². The Morgan fingerprint density at radius 2 is 0.723 bits per heavy atom. The number of primary amides is 1. The molecule has 83 heavy (non-hydrogen) atoms. The van der Waals surface area contributed by atoms with Crippen LogP contribution in [0.4, 0.5) is 22.7 Å². The number of nitrogens with two attached hydrogens (primary N) is 6. The lowest BCUT2D eigenvalue weighted by atomic mass is 10.1. The average Bonchev–Trinajstić information content (AvgIpc) is 3.67. The minimum Gasteiger partial charge on any atom is -0.496 e. The van der Waals surface area contributed by atoms with E-state index in [-0.39, 0.29) is 132 Å². The number of hydrogen-bond acceptors (Lipinski definition) is 17. The maximum absolute atomic E-state index is 14.3. The van der Waals surface area contributed by atoms with Gasteiger partial charge in [0.1, 0.15) is 41.1 Å². The molecular weight excluding hydrogens is 1080 g/mol. The van der Waals surface area contributed by atoms with E-state index >= 15 is 0 Å². The van der Waals surface area contributed by atoms with E-state index in [1.165, 1.54) is 101 Å². The molecule has 0 fully saturated rings. The first-order valence-electron chi connectivity index (χ1n) is 26.2. The predicted molar refractivity (Wildman–Crippen MR) is 312 cm³/mol. The fourth-order valence-electron chi connectivity index (χ4n) is 8.15. The highest BCUT2D eigenvalue weighted by Crippen LogP contribution is 2.28. The van der Waals surface area contributed by atoms with Crippen LogP contribution in [0.15, 0.2) is 72.8 Å². The molecule has 4 rings (SSSR count). The van der Waals surface area contributed by atoms with Gasteiger partial charge in [0.25, 0.3) is 23.6 Å². The van der Waals surface area contributed by atoms with Gasteiger partial charge >= 0.3 is 0 Å². The third kappa shape index (κ3) is 20.4. The second-order valence-corrected chi connectivity index (χ2v) is 18.5. The van der Waals surface area contributed by atoms with Gasteiger partial charge in [0.15, 0.2) is 11.9 Å². The molecule has 8 amide bonds. The fraction of sp³-hybridized carbons (Fsp3) is 0.370. The number of carbonyl (C=O) groups is 8. The predicted octanol–water partition coefficient (Wildman–Crippen LogP) is 0.301. The highest BCUT2D eigenvalue weighted by atomic mass is 16.5. The second kappa shape index (κ2) is 33.1. The number of rotatable bonds is 33. The lowest BCUT2D eigenvalue weighted by Gasteiger charge is -2.22. The molecule has 0 heterocycles. The number of anilines is 4. The van der Waals surface area contributed by atoms with Crippen molar-refractivity contribution in [2.75, 3.05) is 75.9 Å². The van der Waals surface area contributed by atoms with E-state index in [0.29, 0.717) is 25.8 Å². The zero-order chi connectivity index (χ0) is 61.2. The smallest absolute Gasteiger partial charge is 0.255 e. The van der Waals surface area contributed by atoms with Crippen molar-refractivity contribution in [1.82, 2.24) is 26.6 Å². The molecule has 29 nitrogen and oxygen atoms in total. The van der Waals surface area contributed by atoms with Crippen molar-refractivity contribution in [1.29, 1.82) is 10.8 Å². The molecule has 0 spiro atoms. The lowest BCUT2D eigenvalue weighted by molar-refractivity contribution is -0.118. The minimum absolute atomic E-state index is 0.00954. The summed E-state index contributed by atoms with van der Waals surface area (Å²) in [5.41, 5.74) is 34.4. The van der Waals surface area contributed by atoms with Gasteiger partial charge in [0.05, 0.1) is 56.7 Å². The fourth-order valence-corrected chi connectivity index (χ4v) is 8.15. The number of hydrogen-bond donors (Lipinski definition) is 17. The van der Waals surface area contributed by atoms with E-state index in [1.807, 2.05) is 0 Å². The van der Waals surface area contributed by atoms with Gasteiger partial charge in [-0.1, -0.05) is 0 Å². The summed E-state index contributed by atoms with van der Waals surface area (Å²) in [7, 11) is 5.33. The number of amides is 8. The van der Waals surface area contributed by atoms with Gasteiger partial charge in [0, 0.05) is 35.8 Å². The number of methoxy groups -OCH3 is 4. The van der Waals surface area contributed by atoms with Crippen molar-refractivity contribution in [2.24, 2.45) is 34.4 Å². The first-order valence-corrected chi connectivity index (χ1v) is 26.2. The Kier molecular flexibility index (Phi) is 26.2. The van der Waals surface area contributed by atoms with Crippen LogP contribution in [0.25, 0.3) is 0 Å². The summed E-state index contributed by atoms with van der Waals surface area (Å²) >= 11 is 0. The van der Waals surface area contributed by atoms with Crippen LogP contribution < -0.4 is 101 Å². The quantitative estimate of drug-likeness (QED) is 0.0173. The Bertz CT molecular complexity index is 2980. The Hall–Kier alpha value is -9.74. The van der Waals surface area contributed by atoms with Crippen molar-refractivity contribution >= 4 is 81.9 Å². The molecule has 0 aliphatic rings. The lowest BCUT2D eigenvalue weighted by Crippen LogP contribution is -2.45. The first kappa shape index (κ1) is 65.8. The minimum atomic E-state index is -1.28. The number of nitrogens with one attached hydrogen (secondary N) is 11. The van der Waals surface area contributed by atoms with Gasteiger partial charge in [0.2, 0.25) is 23.6 Å². The molecule has 4 aromatic carbocycles. The van der Waals surface area contributed by atoms with E-state index in [4.69, 9.17) is 64.2 Å². The molecule has 0 aliphatic heterocycles. The zero-order valence-electron chi connectivity index (χ0n) is 46.6. The van der Waals surface area contributed by atoms with Gasteiger partial charge < -0.3 is 101 Å². The number of benzene rings is 4. The van der Waals surface area contributed by atoms with E-state index < -0.39 is 71.4 Å². The van der Waals surface area contributed by atoms with Gasteiger partial charge in [-0.15, -0.1) is 0 Å². The van der Waals surface area contributed by atoms with Crippen molar-refractivity contribution < 1.29 is 57.3 Å². The Balaban J connectivity index is 1.55. The molecule has 0 saturated heterocycles.